The Morgan fingerprint density at radius 1 is 0.789 bits per heavy atom. The highest BCUT2D eigenvalue weighted by Crippen LogP contribution is 2.24. The molecule has 1 heterocycles. The summed E-state index contributed by atoms with van der Waals surface area (Å²) in [6.45, 7) is -4.07. The third kappa shape index (κ3) is 4.10. The van der Waals surface area contributed by atoms with Crippen molar-refractivity contribution in [2.75, 3.05) is 13.1 Å². The molecular formula is C8H6F6N2O3. The summed E-state index contributed by atoms with van der Waals surface area (Å²) in [6, 6.07) is -1.92. The molecule has 0 radical (unpaired) electrons. The average molecular weight is 292 g/mol. The van der Waals surface area contributed by atoms with Gasteiger partial charge in [-0.05, 0) is 0 Å². The fourth-order valence-corrected chi connectivity index (χ4v) is 1.35. The minimum absolute atomic E-state index is 0.423. The fourth-order valence-electron chi connectivity index (χ4n) is 1.35. The van der Waals surface area contributed by atoms with Gasteiger partial charge in [0.1, 0.15) is 19.5 Å². The quantitative estimate of drug-likeness (QED) is 0.569. The zero-order valence-corrected chi connectivity index (χ0v) is 9.01. The molecule has 0 spiro atoms. The van der Waals surface area contributed by atoms with Gasteiger partial charge < -0.3 is 0 Å². The van der Waals surface area contributed by atoms with E-state index < -0.39 is 59.5 Å². The number of imide groups is 2. The second-order valence-electron chi connectivity index (χ2n) is 3.65. The van der Waals surface area contributed by atoms with Crippen molar-refractivity contribution in [1.29, 1.82) is 0 Å². The molecule has 11 heteroatoms. The number of rotatable bonds is 2. The van der Waals surface area contributed by atoms with Crippen LogP contribution in [0.15, 0.2) is 0 Å². The standard InChI is InChI=1S/C8H6F6N2O3/c9-7(10,11)2-15-4(17)1-5(18)16(6(15)19)3-8(12,13)14/h1-3H2. The van der Waals surface area contributed by atoms with E-state index in [-0.39, 0.29) is 0 Å². The van der Waals surface area contributed by atoms with Gasteiger partial charge in [-0.2, -0.15) is 26.3 Å². The van der Waals surface area contributed by atoms with Crippen LogP contribution in [0.2, 0.25) is 0 Å². The predicted molar refractivity (Wildman–Crippen MR) is 45.5 cm³/mol. The number of barbiturate groups is 1. The maximum absolute atomic E-state index is 12.1. The van der Waals surface area contributed by atoms with E-state index in [1.807, 2.05) is 0 Å². The summed E-state index contributed by atoms with van der Waals surface area (Å²) in [7, 11) is 0. The van der Waals surface area contributed by atoms with E-state index in [9.17, 15) is 40.7 Å². The minimum atomic E-state index is -4.96. The van der Waals surface area contributed by atoms with E-state index >= 15 is 0 Å². The number of hydrogen-bond acceptors (Lipinski definition) is 3. The summed E-state index contributed by atoms with van der Waals surface area (Å²) in [6.07, 6.45) is -11.1. The number of nitrogens with zero attached hydrogens (tertiary/aromatic N) is 2. The van der Waals surface area contributed by atoms with Gasteiger partial charge in [0.15, 0.2) is 0 Å². The Labute approximate surface area is 101 Å². The number of alkyl halides is 6. The van der Waals surface area contributed by atoms with E-state index in [4.69, 9.17) is 0 Å². The molecule has 1 fully saturated rings. The molecule has 5 nitrogen and oxygen atoms in total. The summed E-state index contributed by atoms with van der Waals surface area (Å²) in [5.41, 5.74) is 0. The van der Waals surface area contributed by atoms with Gasteiger partial charge in [-0.25, -0.2) is 4.79 Å². The van der Waals surface area contributed by atoms with Gasteiger partial charge in [0.05, 0.1) is 0 Å². The molecule has 108 valence electrons. The third-order valence-corrected chi connectivity index (χ3v) is 2.04. The highest BCUT2D eigenvalue weighted by Gasteiger charge is 2.46. The van der Waals surface area contributed by atoms with Crippen LogP contribution < -0.4 is 0 Å². The van der Waals surface area contributed by atoms with Crippen molar-refractivity contribution >= 4 is 17.8 Å². The van der Waals surface area contributed by atoms with Crippen LogP contribution in [0.25, 0.3) is 0 Å². The molecule has 0 atom stereocenters. The van der Waals surface area contributed by atoms with E-state index in [2.05, 4.69) is 0 Å². The van der Waals surface area contributed by atoms with Crippen LogP contribution in [0.1, 0.15) is 6.42 Å². The Morgan fingerprint density at radius 2 is 1.11 bits per heavy atom. The van der Waals surface area contributed by atoms with Crippen molar-refractivity contribution in [3.8, 4) is 0 Å². The number of amides is 4. The maximum Gasteiger partial charge on any atom is 0.406 e. The number of halogens is 6. The van der Waals surface area contributed by atoms with Crippen LogP contribution in [0.3, 0.4) is 0 Å². The second-order valence-corrected chi connectivity index (χ2v) is 3.65. The van der Waals surface area contributed by atoms with Crippen molar-refractivity contribution in [1.82, 2.24) is 9.80 Å². The normalized spacial score (nSPS) is 18.3. The molecular weight excluding hydrogens is 286 g/mol. The molecule has 1 rings (SSSR count). The molecule has 0 saturated carbocycles. The van der Waals surface area contributed by atoms with Crippen molar-refractivity contribution in [3.63, 3.8) is 0 Å². The molecule has 0 aliphatic carbocycles. The molecule has 0 aromatic carbocycles. The SMILES string of the molecule is O=C1CC(=O)N(CC(F)(F)F)C(=O)N1CC(F)(F)F. The topological polar surface area (TPSA) is 57.7 Å². The molecule has 0 aromatic heterocycles. The van der Waals surface area contributed by atoms with Gasteiger partial charge in [0, 0.05) is 0 Å². The number of urea groups is 1. The molecule has 1 aliphatic heterocycles. The Morgan fingerprint density at radius 3 is 1.37 bits per heavy atom. The molecule has 0 unspecified atom stereocenters. The summed E-state index contributed by atoms with van der Waals surface area (Å²) in [5, 5.41) is 0. The lowest BCUT2D eigenvalue weighted by Crippen LogP contribution is -2.58. The maximum atomic E-state index is 12.1. The largest absolute Gasteiger partial charge is 0.406 e. The van der Waals surface area contributed by atoms with E-state index in [1.165, 1.54) is 0 Å². The smallest absolute Gasteiger partial charge is 0.274 e. The highest BCUT2D eigenvalue weighted by atomic mass is 19.4. The van der Waals surface area contributed by atoms with Crippen LogP contribution in [0, 0.1) is 0 Å². The van der Waals surface area contributed by atoms with Crippen LogP contribution in [-0.2, 0) is 9.59 Å². The zero-order chi connectivity index (χ0) is 15.0. The molecule has 1 saturated heterocycles. The monoisotopic (exact) mass is 292 g/mol. The number of hydrogen-bond donors (Lipinski definition) is 0. The lowest BCUT2D eigenvalue weighted by molar-refractivity contribution is -0.171. The van der Waals surface area contributed by atoms with Gasteiger partial charge in [0.25, 0.3) is 0 Å². The first kappa shape index (κ1) is 15.2. The van der Waals surface area contributed by atoms with Crippen LogP contribution in [-0.4, -0.2) is 53.1 Å². The zero-order valence-electron chi connectivity index (χ0n) is 9.01. The molecule has 19 heavy (non-hydrogen) atoms. The Hall–Kier alpha value is -1.81. The minimum Gasteiger partial charge on any atom is -0.274 e. The Kier molecular flexibility index (Phi) is 3.77. The molecule has 4 amide bonds. The van der Waals surface area contributed by atoms with Crippen molar-refractivity contribution < 1.29 is 40.7 Å². The Bertz CT molecular complexity index is 380. The first-order valence-electron chi connectivity index (χ1n) is 4.69. The number of carbonyl (C=O) groups excluding carboxylic acids is 3. The highest BCUT2D eigenvalue weighted by molar-refractivity contribution is 6.14. The molecule has 0 aromatic rings. The summed E-state index contributed by atoms with van der Waals surface area (Å²) in [4.78, 5) is 32.6. The van der Waals surface area contributed by atoms with Gasteiger partial charge >= 0.3 is 18.4 Å². The fraction of sp³-hybridized carbons (Fsp3) is 0.625. The Balaban J connectivity index is 2.93. The molecule has 0 bridgehead atoms. The molecule has 0 N–H and O–H groups in total. The van der Waals surface area contributed by atoms with Gasteiger partial charge in [-0.15, -0.1) is 0 Å². The summed E-state index contributed by atoms with van der Waals surface area (Å²) >= 11 is 0. The van der Waals surface area contributed by atoms with E-state index in [0.717, 1.165) is 0 Å². The summed E-state index contributed by atoms with van der Waals surface area (Å²) in [5.74, 6) is -2.96. The van der Waals surface area contributed by atoms with Gasteiger partial charge in [-0.1, -0.05) is 0 Å². The lowest BCUT2D eigenvalue weighted by atomic mass is 10.2. The average Bonchev–Trinajstić information content (AvgIpc) is 2.16. The van der Waals surface area contributed by atoms with Crippen molar-refractivity contribution in [3.05, 3.63) is 0 Å². The van der Waals surface area contributed by atoms with E-state index in [1.54, 1.807) is 0 Å². The summed E-state index contributed by atoms with van der Waals surface area (Å²) < 4.78 is 72.5. The van der Waals surface area contributed by atoms with Crippen LogP contribution in [0.4, 0.5) is 31.1 Å². The van der Waals surface area contributed by atoms with Gasteiger partial charge in [0.2, 0.25) is 11.8 Å². The molecule has 1 aliphatic rings. The van der Waals surface area contributed by atoms with Crippen molar-refractivity contribution in [2.24, 2.45) is 0 Å². The predicted octanol–water partition coefficient (Wildman–Crippen LogP) is 1.29. The van der Waals surface area contributed by atoms with E-state index in [0.29, 0.717) is 0 Å². The van der Waals surface area contributed by atoms with Gasteiger partial charge in [-0.3, -0.25) is 19.4 Å². The first-order chi connectivity index (χ1) is 8.41. The second kappa shape index (κ2) is 4.70. The third-order valence-electron chi connectivity index (χ3n) is 2.04. The van der Waals surface area contributed by atoms with Crippen LogP contribution in [0.5, 0.6) is 0 Å². The number of carbonyl (C=O) groups is 3. The van der Waals surface area contributed by atoms with Crippen molar-refractivity contribution in [2.45, 2.75) is 18.8 Å². The first-order valence-corrected chi connectivity index (χ1v) is 4.69. The van der Waals surface area contributed by atoms with Crippen LogP contribution >= 0.6 is 0 Å². The lowest BCUT2D eigenvalue weighted by Gasteiger charge is -2.33.